The first-order chi connectivity index (χ1) is 11.1. The average Bonchev–Trinajstić information content (AvgIpc) is 2.55. The molecular formula is C19H22N2O2. The molecule has 0 spiro atoms. The molecule has 0 saturated carbocycles. The molecule has 2 aromatic rings. The lowest BCUT2D eigenvalue weighted by atomic mass is 10.0. The van der Waals surface area contributed by atoms with E-state index in [9.17, 15) is 9.90 Å². The zero-order valence-electron chi connectivity index (χ0n) is 13.4. The molecule has 1 fully saturated rings. The second-order valence-corrected chi connectivity index (χ2v) is 6.05. The predicted molar refractivity (Wildman–Crippen MR) is 93.2 cm³/mol. The van der Waals surface area contributed by atoms with Crippen molar-refractivity contribution in [1.82, 2.24) is 0 Å². The number of Topliss-reactive ketones (excluding diaryl/α,β-unsaturated/α-hetero) is 1. The van der Waals surface area contributed by atoms with Gasteiger partial charge in [0.1, 0.15) is 11.5 Å². The van der Waals surface area contributed by atoms with E-state index in [2.05, 4.69) is 21.9 Å². The first kappa shape index (κ1) is 15.4. The Morgan fingerprint density at radius 3 is 2.52 bits per heavy atom. The Hall–Kier alpha value is -2.49. The number of ketones is 1. The van der Waals surface area contributed by atoms with Crippen LogP contribution in [0, 0.1) is 0 Å². The van der Waals surface area contributed by atoms with E-state index in [-0.39, 0.29) is 17.6 Å². The molecule has 0 bridgehead atoms. The molecule has 0 aliphatic carbocycles. The van der Waals surface area contributed by atoms with Gasteiger partial charge in [-0.3, -0.25) is 4.79 Å². The lowest BCUT2D eigenvalue weighted by Gasteiger charge is -2.43. The van der Waals surface area contributed by atoms with Gasteiger partial charge in [0.05, 0.1) is 6.04 Å². The van der Waals surface area contributed by atoms with Crippen molar-refractivity contribution in [3.63, 3.8) is 0 Å². The highest BCUT2D eigenvalue weighted by molar-refractivity contribution is 5.77. The fourth-order valence-corrected chi connectivity index (χ4v) is 3.25. The van der Waals surface area contributed by atoms with Crippen molar-refractivity contribution in [2.45, 2.75) is 19.4 Å². The number of hydrogen-bond acceptors (Lipinski definition) is 4. The van der Waals surface area contributed by atoms with E-state index in [0.29, 0.717) is 6.42 Å². The lowest BCUT2D eigenvalue weighted by Crippen LogP contribution is -2.54. The largest absolute Gasteiger partial charge is 0.508 e. The molecule has 0 radical (unpaired) electrons. The quantitative estimate of drug-likeness (QED) is 0.942. The van der Waals surface area contributed by atoms with Crippen molar-refractivity contribution < 1.29 is 9.90 Å². The Balaban J connectivity index is 1.83. The van der Waals surface area contributed by atoms with E-state index in [0.717, 1.165) is 25.3 Å². The summed E-state index contributed by atoms with van der Waals surface area (Å²) in [4.78, 5) is 16.3. The van der Waals surface area contributed by atoms with Crippen molar-refractivity contribution in [3.8, 4) is 5.75 Å². The molecule has 0 aromatic heterocycles. The van der Waals surface area contributed by atoms with E-state index in [1.165, 1.54) is 5.69 Å². The molecule has 1 aliphatic heterocycles. The van der Waals surface area contributed by atoms with Gasteiger partial charge in [-0.2, -0.15) is 0 Å². The van der Waals surface area contributed by atoms with Crippen molar-refractivity contribution in [2.75, 3.05) is 29.4 Å². The molecule has 23 heavy (non-hydrogen) atoms. The summed E-state index contributed by atoms with van der Waals surface area (Å²) in [5.41, 5.74) is 2.17. The van der Waals surface area contributed by atoms with Gasteiger partial charge >= 0.3 is 0 Å². The number of hydrogen-bond donors (Lipinski definition) is 1. The molecule has 0 amide bonds. The Morgan fingerprint density at radius 2 is 1.83 bits per heavy atom. The van der Waals surface area contributed by atoms with E-state index in [4.69, 9.17) is 0 Å². The first-order valence-electron chi connectivity index (χ1n) is 7.98. The highest BCUT2D eigenvalue weighted by atomic mass is 16.3. The average molecular weight is 310 g/mol. The van der Waals surface area contributed by atoms with E-state index < -0.39 is 0 Å². The Kier molecular flexibility index (Phi) is 4.51. The van der Waals surface area contributed by atoms with Crippen molar-refractivity contribution in [2.24, 2.45) is 0 Å². The highest BCUT2D eigenvalue weighted by Gasteiger charge is 2.28. The molecule has 1 unspecified atom stereocenters. The molecule has 1 saturated heterocycles. The zero-order chi connectivity index (χ0) is 16.2. The van der Waals surface area contributed by atoms with Gasteiger partial charge in [0.25, 0.3) is 0 Å². The van der Waals surface area contributed by atoms with Crippen LogP contribution in [0.15, 0.2) is 54.6 Å². The standard InChI is InChI=1S/C19H22N2O2/c1-15(22)12-18-14-20(16-6-3-2-4-7-16)10-11-21(18)17-8-5-9-19(23)13-17/h2-9,13,18,23H,10-12,14H2,1H3. The van der Waals surface area contributed by atoms with Crippen molar-refractivity contribution >= 4 is 17.2 Å². The number of phenols is 1. The van der Waals surface area contributed by atoms with Crippen LogP contribution >= 0.6 is 0 Å². The molecule has 4 heteroatoms. The van der Waals surface area contributed by atoms with E-state index in [1.807, 2.05) is 30.3 Å². The van der Waals surface area contributed by atoms with Crippen LogP contribution in [0.3, 0.4) is 0 Å². The fourth-order valence-electron chi connectivity index (χ4n) is 3.25. The number of anilines is 2. The van der Waals surface area contributed by atoms with Gasteiger partial charge in [-0.15, -0.1) is 0 Å². The second-order valence-electron chi connectivity index (χ2n) is 6.05. The fraction of sp³-hybridized carbons (Fsp3) is 0.316. The second kappa shape index (κ2) is 6.73. The van der Waals surface area contributed by atoms with Crippen LogP contribution in [0.25, 0.3) is 0 Å². The molecule has 2 aromatic carbocycles. The van der Waals surface area contributed by atoms with E-state index >= 15 is 0 Å². The van der Waals surface area contributed by atoms with Crippen LogP contribution < -0.4 is 9.80 Å². The Labute approximate surface area is 137 Å². The molecule has 1 heterocycles. The SMILES string of the molecule is CC(=O)CC1CN(c2ccccc2)CCN1c1cccc(O)c1. The number of phenolic OH excluding ortho intramolecular Hbond substituents is 1. The zero-order valence-corrected chi connectivity index (χ0v) is 13.4. The summed E-state index contributed by atoms with van der Waals surface area (Å²) < 4.78 is 0. The summed E-state index contributed by atoms with van der Waals surface area (Å²) in [5.74, 6) is 0.449. The van der Waals surface area contributed by atoms with Gasteiger partial charge in [-0.25, -0.2) is 0 Å². The minimum atomic E-state index is 0.114. The topological polar surface area (TPSA) is 43.8 Å². The lowest BCUT2D eigenvalue weighted by molar-refractivity contribution is -0.117. The van der Waals surface area contributed by atoms with Gasteiger partial charge < -0.3 is 14.9 Å². The molecule has 4 nitrogen and oxygen atoms in total. The minimum absolute atomic E-state index is 0.114. The summed E-state index contributed by atoms with van der Waals surface area (Å²) in [5, 5.41) is 9.74. The number of carbonyl (C=O) groups excluding carboxylic acids is 1. The van der Waals surface area contributed by atoms with Crippen LogP contribution in [-0.2, 0) is 4.79 Å². The van der Waals surface area contributed by atoms with E-state index in [1.54, 1.807) is 19.1 Å². The summed E-state index contributed by atoms with van der Waals surface area (Å²) in [6, 6.07) is 17.7. The number of rotatable bonds is 4. The number of benzene rings is 2. The monoisotopic (exact) mass is 310 g/mol. The molecular weight excluding hydrogens is 288 g/mol. The number of nitrogens with zero attached hydrogens (tertiary/aromatic N) is 2. The minimum Gasteiger partial charge on any atom is -0.508 e. The Bertz CT molecular complexity index is 672. The van der Waals surface area contributed by atoms with Gasteiger partial charge in [-0.1, -0.05) is 24.3 Å². The number of piperazine rings is 1. The van der Waals surface area contributed by atoms with Crippen LogP contribution in [-0.4, -0.2) is 36.6 Å². The first-order valence-corrected chi connectivity index (χ1v) is 7.98. The van der Waals surface area contributed by atoms with Crippen LogP contribution in [0.1, 0.15) is 13.3 Å². The maximum absolute atomic E-state index is 11.7. The Morgan fingerprint density at radius 1 is 1.09 bits per heavy atom. The normalized spacial score (nSPS) is 18.0. The third-order valence-corrected chi connectivity index (χ3v) is 4.29. The molecule has 1 N–H and O–H groups in total. The van der Waals surface area contributed by atoms with Crippen LogP contribution in [0.5, 0.6) is 5.75 Å². The van der Waals surface area contributed by atoms with Gasteiger partial charge in [0.15, 0.2) is 0 Å². The third-order valence-electron chi connectivity index (χ3n) is 4.29. The number of para-hydroxylation sites is 1. The number of aromatic hydroxyl groups is 1. The molecule has 120 valence electrons. The molecule has 3 rings (SSSR count). The van der Waals surface area contributed by atoms with Gasteiger partial charge in [0, 0.05) is 43.5 Å². The maximum atomic E-state index is 11.7. The van der Waals surface area contributed by atoms with Crippen molar-refractivity contribution in [1.29, 1.82) is 0 Å². The summed E-state index contributed by atoms with van der Waals surface area (Å²) in [7, 11) is 0. The number of carbonyl (C=O) groups is 1. The molecule has 1 aliphatic rings. The highest BCUT2D eigenvalue weighted by Crippen LogP contribution is 2.27. The summed E-state index contributed by atoms with van der Waals surface area (Å²) in [6.07, 6.45) is 0.513. The third kappa shape index (κ3) is 3.65. The van der Waals surface area contributed by atoms with Gasteiger partial charge in [0.2, 0.25) is 0 Å². The van der Waals surface area contributed by atoms with Crippen LogP contribution in [0.2, 0.25) is 0 Å². The van der Waals surface area contributed by atoms with Gasteiger partial charge in [-0.05, 0) is 31.2 Å². The smallest absolute Gasteiger partial charge is 0.131 e. The summed E-state index contributed by atoms with van der Waals surface area (Å²) in [6.45, 7) is 4.17. The van der Waals surface area contributed by atoms with Crippen molar-refractivity contribution in [3.05, 3.63) is 54.6 Å². The summed E-state index contributed by atoms with van der Waals surface area (Å²) >= 11 is 0. The van der Waals surface area contributed by atoms with Crippen LogP contribution in [0.4, 0.5) is 11.4 Å². The molecule has 1 atom stereocenters. The predicted octanol–water partition coefficient (Wildman–Crippen LogP) is 3.07. The maximum Gasteiger partial charge on any atom is 0.131 e.